The normalized spacial score (nSPS) is 40.8. The standard InChI is InChI=1S/C10H19NO2/c1-2-9-10(13-7-5-11-9)4-3-6-12-8-10/h9,11H,2-8H2,1H3. The van der Waals surface area contributed by atoms with Crippen LogP contribution in [-0.4, -0.2) is 38.0 Å². The summed E-state index contributed by atoms with van der Waals surface area (Å²) >= 11 is 0. The average Bonchev–Trinajstić information content (AvgIpc) is 2.20. The molecule has 0 aromatic carbocycles. The van der Waals surface area contributed by atoms with Gasteiger partial charge >= 0.3 is 0 Å². The van der Waals surface area contributed by atoms with E-state index in [1.165, 1.54) is 0 Å². The van der Waals surface area contributed by atoms with Gasteiger partial charge in [0.25, 0.3) is 0 Å². The smallest absolute Gasteiger partial charge is 0.107 e. The Kier molecular flexibility index (Phi) is 2.86. The highest BCUT2D eigenvalue weighted by molar-refractivity contribution is 4.96. The highest BCUT2D eigenvalue weighted by Gasteiger charge is 2.42. The Balaban J connectivity index is 2.06. The van der Waals surface area contributed by atoms with Crippen LogP contribution in [0.25, 0.3) is 0 Å². The molecule has 1 spiro atoms. The third-order valence-electron chi connectivity index (χ3n) is 3.16. The summed E-state index contributed by atoms with van der Waals surface area (Å²) in [5, 5.41) is 3.52. The second-order valence-electron chi connectivity index (χ2n) is 3.98. The van der Waals surface area contributed by atoms with Crippen molar-refractivity contribution in [3.8, 4) is 0 Å². The molecular weight excluding hydrogens is 166 g/mol. The van der Waals surface area contributed by atoms with E-state index in [9.17, 15) is 0 Å². The van der Waals surface area contributed by atoms with Crippen LogP contribution in [0.4, 0.5) is 0 Å². The largest absolute Gasteiger partial charge is 0.378 e. The van der Waals surface area contributed by atoms with Crippen LogP contribution in [0.2, 0.25) is 0 Å². The second-order valence-corrected chi connectivity index (χ2v) is 3.98. The highest BCUT2D eigenvalue weighted by atomic mass is 16.5. The molecule has 0 aromatic rings. The van der Waals surface area contributed by atoms with Gasteiger partial charge in [-0.1, -0.05) is 6.92 Å². The zero-order valence-corrected chi connectivity index (χ0v) is 8.34. The van der Waals surface area contributed by atoms with Crippen molar-refractivity contribution in [1.82, 2.24) is 5.32 Å². The Hall–Kier alpha value is -0.120. The number of hydrogen-bond donors (Lipinski definition) is 1. The summed E-state index contributed by atoms with van der Waals surface area (Å²) < 4.78 is 11.5. The summed E-state index contributed by atoms with van der Waals surface area (Å²) in [5.41, 5.74) is -0.00868. The first kappa shape index (κ1) is 9.44. The van der Waals surface area contributed by atoms with Gasteiger partial charge in [0.1, 0.15) is 5.60 Å². The molecule has 0 aliphatic carbocycles. The molecule has 2 saturated heterocycles. The summed E-state index contributed by atoms with van der Waals surface area (Å²) in [4.78, 5) is 0. The molecule has 0 radical (unpaired) electrons. The van der Waals surface area contributed by atoms with Crippen LogP contribution >= 0.6 is 0 Å². The molecule has 13 heavy (non-hydrogen) atoms. The van der Waals surface area contributed by atoms with E-state index in [1.807, 2.05) is 0 Å². The van der Waals surface area contributed by atoms with Crippen molar-refractivity contribution in [3.63, 3.8) is 0 Å². The van der Waals surface area contributed by atoms with Gasteiger partial charge in [-0.25, -0.2) is 0 Å². The van der Waals surface area contributed by atoms with Gasteiger partial charge in [-0.15, -0.1) is 0 Å². The molecular formula is C10H19NO2. The first-order valence-electron chi connectivity index (χ1n) is 5.32. The first-order chi connectivity index (χ1) is 6.37. The number of ether oxygens (including phenoxy) is 2. The number of hydrogen-bond acceptors (Lipinski definition) is 3. The van der Waals surface area contributed by atoms with E-state index in [-0.39, 0.29) is 5.60 Å². The maximum Gasteiger partial charge on any atom is 0.107 e. The molecule has 2 atom stereocenters. The number of rotatable bonds is 1. The average molecular weight is 185 g/mol. The minimum atomic E-state index is -0.00868. The van der Waals surface area contributed by atoms with Crippen molar-refractivity contribution >= 4 is 0 Å². The number of nitrogens with one attached hydrogen (secondary N) is 1. The van der Waals surface area contributed by atoms with Crippen LogP contribution in [0.3, 0.4) is 0 Å². The lowest BCUT2D eigenvalue weighted by molar-refractivity contribution is -0.163. The Labute approximate surface area is 79.8 Å². The summed E-state index contributed by atoms with van der Waals surface area (Å²) in [7, 11) is 0. The van der Waals surface area contributed by atoms with Gasteiger partial charge in [-0.05, 0) is 19.3 Å². The molecule has 3 nitrogen and oxygen atoms in total. The van der Waals surface area contributed by atoms with Crippen LogP contribution < -0.4 is 5.32 Å². The van der Waals surface area contributed by atoms with Crippen molar-refractivity contribution in [1.29, 1.82) is 0 Å². The Bertz CT molecular complexity index is 158. The molecule has 0 saturated carbocycles. The van der Waals surface area contributed by atoms with Crippen LogP contribution in [0.15, 0.2) is 0 Å². The molecule has 2 heterocycles. The van der Waals surface area contributed by atoms with Crippen molar-refractivity contribution in [3.05, 3.63) is 0 Å². The lowest BCUT2D eigenvalue weighted by Gasteiger charge is -2.46. The van der Waals surface area contributed by atoms with Gasteiger partial charge in [-0.3, -0.25) is 0 Å². The number of morpholine rings is 1. The monoisotopic (exact) mass is 185 g/mol. The SMILES string of the molecule is CCC1NCCOC12CCCOC2. The van der Waals surface area contributed by atoms with Crippen LogP contribution in [0, 0.1) is 0 Å². The van der Waals surface area contributed by atoms with Gasteiger partial charge in [0.15, 0.2) is 0 Å². The Morgan fingerprint density at radius 1 is 1.46 bits per heavy atom. The topological polar surface area (TPSA) is 30.5 Å². The molecule has 2 unspecified atom stereocenters. The third kappa shape index (κ3) is 1.73. The van der Waals surface area contributed by atoms with E-state index in [0.29, 0.717) is 6.04 Å². The Morgan fingerprint density at radius 2 is 2.38 bits per heavy atom. The maximum absolute atomic E-state index is 5.92. The summed E-state index contributed by atoms with van der Waals surface area (Å²) in [6.45, 7) is 5.71. The minimum absolute atomic E-state index is 0.00868. The van der Waals surface area contributed by atoms with Crippen LogP contribution in [0.5, 0.6) is 0 Å². The molecule has 2 rings (SSSR count). The fourth-order valence-electron chi connectivity index (χ4n) is 2.47. The van der Waals surface area contributed by atoms with E-state index in [0.717, 1.165) is 45.6 Å². The van der Waals surface area contributed by atoms with Gasteiger partial charge in [0.05, 0.1) is 13.2 Å². The molecule has 76 valence electrons. The van der Waals surface area contributed by atoms with Gasteiger partial charge in [-0.2, -0.15) is 0 Å². The summed E-state index contributed by atoms with van der Waals surface area (Å²) in [5.74, 6) is 0. The van der Waals surface area contributed by atoms with Crippen molar-refractivity contribution in [2.75, 3.05) is 26.4 Å². The molecule has 0 amide bonds. The van der Waals surface area contributed by atoms with Gasteiger partial charge < -0.3 is 14.8 Å². The third-order valence-corrected chi connectivity index (χ3v) is 3.16. The predicted molar refractivity (Wildman–Crippen MR) is 50.8 cm³/mol. The van der Waals surface area contributed by atoms with Gasteiger partial charge in [0, 0.05) is 19.2 Å². The van der Waals surface area contributed by atoms with Gasteiger partial charge in [0.2, 0.25) is 0 Å². The zero-order valence-electron chi connectivity index (χ0n) is 8.34. The van der Waals surface area contributed by atoms with Crippen molar-refractivity contribution in [2.45, 2.75) is 37.8 Å². The minimum Gasteiger partial charge on any atom is -0.378 e. The van der Waals surface area contributed by atoms with Crippen molar-refractivity contribution < 1.29 is 9.47 Å². The van der Waals surface area contributed by atoms with Crippen LogP contribution in [0.1, 0.15) is 26.2 Å². The predicted octanol–water partition coefficient (Wildman–Crippen LogP) is 0.934. The van der Waals surface area contributed by atoms with E-state index in [4.69, 9.17) is 9.47 Å². The zero-order chi connectivity index (χ0) is 9.15. The van der Waals surface area contributed by atoms with E-state index >= 15 is 0 Å². The highest BCUT2D eigenvalue weighted by Crippen LogP contribution is 2.30. The molecule has 1 N–H and O–H groups in total. The van der Waals surface area contributed by atoms with Crippen molar-refractivity contribution in [2.24, 2.45) is 0 Å². The Morgan fingerprint density at radius 3 is 3.08 bits per heavy atom. The molecule has 3 heteroatoms. The summed E-state index contributed by atoms with van der Waals surface area (Å²) in [6, 6.07) is 0.488. The lowest BCUT2D eigenvalue weighted by Crippen LogP contribution is -2.61. The van der Waals surface area contributed by atoms with E-state index < -0.39 is 0 Å². The summed E-state index contributed by atoms with van der Waals surface area (Å²) in [6.07, 6.45) is 3.42. The molecule has 0 bridgehead atoms. The lowest BCUT2D eigenvalue weighted by atomic mass is 9.85. The quantitative estimate of drug-likeness (QED) is 0.659. The first-order valence-corrected chi connectivity index (χ1v) is 5.32. The molecule has 2 aliphatic rings. The second kappa shape index (κ2) is 3.95. The van der Waals surface area contributed by atoms with Crippen LogP contribution in [-0.2, 0) is 9.47 Å². The fraction of sp³-hybridized carbons (Fsp3) is 1.00. The fourth-order valence-corrected chi connectivity index (χ4v) is 2.47. The van der Waals surface area contributed by atoms with E-state index in [2.05, 4.69) is 12.2 Å². The maximum atomic E-state index is 5.92. The molecule has 2 aliphatic heterocycles. The molecule has 2 fully saturated rings. The molecule has 0 aromatic heterocycles. The van der Waals surface area contributed by atoms with E-state index in [1.54, 1.807) is 0 Å².